The van der Waals surface area contributed by atoms with E-state index in [0.29, 0.717) is 19.5 Å². The van der Waals surface area contributed by atoms with Crippen molar-refractivity contribution in [2.24, 2.45) is 5.92 Å². The maximum atomic E-state index is 12.6. The summed E-state index contributed by atoms with van der Waals surface area (Å²) in [4.78, 5) is 28.1. The summed E-state index contributed by atoms with van der Waals surface area (Å²) in [5, 5.41) is 0. The van der Waals surface area contributed by atoms with Gasteiger partial charge in [-0.25, -0.2) is 0 Å². The number of carbonyl (C=O) groups excluding carboxylic acids is 2. The Morgan fingerprint density at radius 3 is 2.54 bits per heavy atom. The van der Waals surface area contributed by atoms with Crippen LogP contribution in [0.5, 0.6) is 5.75 Å². The number of likely N-dealkylation sites (tertiary alicyclic amines) is 1. The predicted octanol–water partition coefficient (Wildman–Crippen LogP) is 2.18. The Kier molecular flexibility index (Phi) is 4.88. The summed E-state index contributed by atoms with van der Waals surface area (Å²) < 4.78 is 5.19. The molecule has 1 saturated heterocycles. The summed E-state index contributed by atoms with van der Waals surface area (Å²) >= 11 is 0. The zero-order valence-electron chi connectivity index (χ0n) is 14.3. The largest absolute Gasteiger partial charge is 0.497 e. The fraction of sp³-hybridized carbons (Fsp3) is 0.474. The monoisotopic (exact) mass is 328 g/mol. The van der Waals surface area contributed by atoms with Crippen LogP contribution in [0.1, 0.15) is 24.8 Å². The summed E-state index contributed by atoms with van der Waals surface area (Å²) in [5.41, 5.74) is 2.44. The number of nitrogens with zero attached hydrogens (tertiary/aromatic N) is 2. The number of methoxy groups -OCH3 is 1. The second-order valence-electron chi connectivity index (χ2n) is 6.50. The van der Waals surface area contributed by atoms with E-state index >= 15 is 0 Å². The van der Waals surface area contributed by atoms with E-state index in [1.165, 1.54) is 11.1 Å². The van der Waals surface area contributed by atoms with Crippen LogP contribution in [0.15, 0.2) is 30.3 Å². The fourth-order valence-electron chi connectivity index (χ4n) is 3.35. The van der Waals surface area contributed by atoms with Gasteiger partial charge in [0.1, 0.15) is 5.75 Å². The van der Waals surface area contributed by atoms with Gasteiger partial charge in [-0.2, -0.15) is 0 Å². The van der Waals surface area contributed by atoms with Crippen molar-refractivity contribution in [2.45, 2.75) is 19.3 Å². The smallest absolute Gasteiger partial charge is 0.226 e. The fourth-order valence-corrected chi connectivity index (χ4v) is 3.35. The van der Waals surface area contributed by atoms with E-state index in [4.69, 9.17) is 4.74 Å². The van der Waals surface area contributed by atoms with Gasteiger partial charge in [0, 0.05) is 39.0 Å². The van der Waals surface area contributed by atoms with Gasteiger partial charge in [0.2, 0.25) is 11.8 Å². The molecule has 0 radical (unpaired) electrons. The first-order valence-electron chi connectivity index (χ1n) is 8.44. The summed E-state index contributed by atoms with van der Waals surface area (Å²) in [6, 6.07) is 8.02. The van der Waals surface area contributed by atoms with E-state index in [1.807, 2.05) is 17.0 Å². The number of hydrogen-bond acceptors (Lipinski definition) is 3. The molecular formula is C19H24N2O3. The minimum atomic E-state index is -0.148. The van der Waals surface area contributed by atoms with Crippen molar-refractivity contribution >= 4 is 17.4 Å². The SMILES string of the molecule is COc1ccc(C2=CCN(C(=O)[C@H]3CCN(C)C(=O)C3)CC2)cc1. The Hall–Kier alpha value is -2.30. The van der Waals surface area contributed by atoms with Gasteiger partial charge in [0.15, 0.2) is 0 Å². The number of ether oxygens (including phenoxy) is 1. The van der Waals surface area contributed by atoms with Crippen molar-refractivity contribution in [1.29, 1.82) is 0 Å². The van der Waals surface area contributed by atoms with Gasteiger partial charge in [-0.05, 0) is 36.1 Å². The van der Waals surface area contributed by atoms with Crippen molar-refractivity contribution in [3.63, 3.8) is 0 Å². The van der Waals surface area contributed by atoms with Crippen molar-refractivity contribution < 1.29 is 14.3 Å². The molecule has 0 N–H and O–H groups in total. The van der Waals surface area contributed by atoms with Gasteiger partial charge in [-0.3, -0.25) is 9.59 Å². The first kappa shape index (κ1) is 16.6. The molecule has 0 unspecified atom stereocenters. The van der Waals surface area contributed by atoms with Crippen molar-refractivity contribution in [3.8, 4) is 5.75 Å². The summed E-state index contributed by atoms with van der Waals surface area (Å²) in [6.45, 7) is 2.02. The van der Waals surface area contributed by atoms with Crippen LogP contribution >= 0.6 is 0 Å². The van der Waals surface area contributed by atoms with Gasteiger partial charge >= 0.3 is 0 Å². The van der Waals surface area contributed by atoms with Crippen LogP contribution in [0.4, 0.5) is 0 Å². The quantitative estimate of drug-likeness (QED) is 0.854. The van der Waals surface area contributed by atoms with Crippen molar-refractivity contribution in [2.75, 3.05) is 33.8 Å². The lowest BCUT2D eigenvalue weighted by Crippen LogP contribution is -2.45. The summed E-state index contributed by atoms with van der Waals surface area (Å²) in [7, 11) is 3.46. The van der Waals surface area contributed by atoms with Gasteiger partial charge < -0.3 is 14.5 Å². The molecule has 0 aromatic heterocycles. The Bertz CT molecular complexity index is 651. The molecule has 0 aliphatic carbocycles. The summed E-state index contributed by atoms with van der Waals surface area (Å²) in [5.74, 6) is 0.899. The Balaban J connectivity index is 1.62. The lowest BCUT2D eigenvalue weighted by atomic mass is 9.93. The molecule has 2 amide bonds. The van der Waals surface area contributed by atoms with E-state index < -0.39 is 0 Å². The Morgan fingerprint density at radius 2 is 1.96 bits per heavy atom. The number of piperidine rings is 1. The zero-order chi connectivity index (χ0) is 17.1. The minimum Gasteiger partial charge on any atom is -0.497 e. The maximum absolute atomic E-state index is 12.6. The third-order valence-corrected chi connectivity index (χ3v) is 4.99. The van der Waals surface area contributed by atoms with E-state index in [0.717, 1.165) is 25.1 Å². The molecule has 0 spiro atoms. The third kappa shape index (κ3) is 3.45. The van der Waals surface area contributed by atoms with Crippen LogP contribution in [0.3, 0.4) is 0 Å². The standard InChI is InChI=1S/C19H24N2O3/c1-20-10-7-16(13-18(20)22)19(23)21-11-8-15(9-12-21)14-3-5-17(24-2)6-4-14/h3-6,8,16H,7,9-13H2,1-2H3/t16-/m0/s1. The van der Waals surface area contributed by atoms with Gasteiger partial charge in [-0.1, -0.05) is 18.2 Å². The van der Waals surface area contributed by atoms with E-state index in [2.05, 4.69) is 18.2 Å². The van der Waals surface area contributed by atoms with Crippen LogP contribution in [0.25, 0.3) is 5.57 Å². The number of rotatable bonds is 3. The molecule has 5 nitrogen and oxygen atoms in total. The molecule has 128 valence electrons. The van der Waals surface area contributed by atoms with Crippen molar-refractivity contribution in [3.05, 3.63) is 35.9 Å². The topological polar surface area (TPSA) is 49.9 Å². The second kappa shape index (κ2) is 7.07. The van der Waals surface area contributed by atoms with E-state index in [1.54, 1.807) is 19.1 Å². The first-order chi connectivity index (χ1) is 11.6. The average molecular weight is 328 g/mol. The van der Waals surface area contributed by atoms with E-state index in [-0.39, 0.29) is 17.7 Å². The molecule has 2 heterocycles. The second-order valence-corrected chi connectivity index (χ2v) is 6.50. The molecule has 3 rings (SSSR count). The highest BCUT2D eigenvalue weighted by atomic mass is 16.5. The number of hydrogen-bond donors (Lipinski definition) is 0. The highest BCUT2D eigenvalue weighted by Crippen LogP contribution is 2.26. The molecule has 0 saturated carbocycles. The highest BCUT2D eigenvalue weighted by Gasteiger charge is 2.32. The number of amides is 2. The zero-order valence-corrected chi connectivity index (χ0v) is 14.3. The molecule has 1 atom stereocenters. The minimum absolute atomic E-state index is 0.0751. The predicted molar refractivity (Wildman–Crippen MR) is 92.5 cm³/mol. The van der Waals surface area contributed by atoms with Crippen LogP contribution in [0.2, 0.25) is 0 Å². The number of carbonyl (C=O) groups is 2. The Morgan fingerprint density at radius 1 is 1.21 bits per heavy atom. The van der Waals surface area contributed by atoms with Gasteiger partial charge in [0.25, 0.3) is 0 Å². The van der Waals surface area contributed by atoms with Crippen LogP contribution < -0.4 is 4.74 Å². The lowest BCUT2D eigenvalue weighted by molar-refractivity contribution is -0.144. The van der Waals surface area contributed by atoms with Gasteiger partial charge in [0.05, 0.1) is 7.11 Å². The molecule has 1 fully saturated rings. The molecule has 1 aromatic rings. The van der Waals surface area contributed by atoms with E-state index in [9.17, 15) is 9.59 Å². The van der Waals surface area contributed by atoms with Crippen molar-refractivity contribution in [1.82, 2.24) is 9.80 Å². The molecule has 2 aliphatic heterocycles. The van der Waals surface area contributed by atoms with Crippen LogP contribution in [-0.4, -0.2) is 55.4 Å². The Labute approximate surface area is 142 Å². The third-order valence-electron chi connectivity index (χ3n) is 4.99. The normalized spacial score (nSPS) is 21.5. The molecule has 5 heteroatoms. The first-order valence-corrected chi connectivity index (χ1v) is 8.44. The molecule has 1 aromatic carbocycles. The molecule has 24 heavy (non-hydrogen) atoms. The molecular weight excluding hydrogens is 304 g/mol. The van der Waals surface area contributed by atoms with Crippen LogP contribution in [-0.2, 0) is 9.59 Å². The summed E-state index contributed by atoms with van der Waals surface area (Å²) in [6.07, 6.45) is 4.09. The van der Waals surface area contributed by atoms with Gasteiger partial charge in [-0.15, -0.1) is 0 Å². The number of benzene rings is 1. The molecule has 2 aliphatic rings. The van der Waals surface area contributed by atoms with Crippen LogP contribution in [0, 0.1) is 5.92 Å². The molecule has 0 bridgehead atoms. The maximum Gasteiger partial charge on any atom is 0.226 e. The lowest BCUT2D eigenvalue weighted by Gasteiger charge is -2.33. The average Bonchev–Trinajstić information content (AvgIpc) is 2.63. The highest BCUT2D eigenvalue weighted by molar-refractivity contribution is 5.87.